The number of hydrogen-bond acceptors (Lipinski definition) is 4. The number of ether oxygens (including phenoxy) is 1. The van der Waals surface area contributed by atoms with Crippen molar-refractivity contribution in [1.82, 2.24) is 14.8 Å². The Bertz CT molecular complexity index is 1210. The van der Waals surface area contributed by atoms with Gasteiger partial charge in [0.2, 0.25) is 0 Å². The third kappa shape index (κ3) is 4.68. The van der Waals surface area contributed by atoms with Gasteiger partial charge in [0.25, 0.3) is 0 Å². The van der Waals surface area contributed by atoms with Crippen LogP contribution < -0.4 is 4.74 Å². The van der Waals surface area contributed by atoms with Crippen molar-refractivity contribution < 1.29 is 17.9 Å². The number of nitrogens with zero attached hydrogens (tertiary/aromatic N) is 2. The fourth-order valence-electron chi connectivity index (χ4n) is 3.16. The summed E-state index contributed by atoms with van der Waals surface area (Å²) in [4.78, 5) is 0. The molecule has 1 N–H and O–H groups in total. The van der Waals surface area contributed by atoms with Gasteiger partial charge in [0.1, 0.15) is 11.6 Å². The van der Waals surface area contributed by atoms with Gasteiger partial charge < -0.3 is 4.74 Å². The molecule has 4 rings (SSSR count). The van der Waals surface area contributed by atoms with Gasteiger partial charge in [-0.2, -0.15) is 5.10 Å². The Hall–Kier alpha value is -2.78. The molecule has 0 aliphatic carbocycles. The molecule has 4 nitrogen and oxygen atoms in total. The van der Waals surface area contributed by atoms with E-state index in [4.69, 9.17) is 12.2 Å². The maximum atomic E-state index is 12.4. The highest BCUT2D eigenvalue weighted by Gasteiger charge is 2.31. The summed E-state index contributed by atoms with van der Waals surface area (Å²) in [5.41, 5.74) is 1.84. The summed E-state index contributed by atoms with van der Waals surface area (Å²) >= 11 is 6.99. The molecule has 154 valence electrons. The van der Waals surface area contributed by atoms with Crippen LogP contribution in [0.3, 0.4) is 0 Å². The lowest BCUT2D eigenvalue weighted by molar-refractivity contribution is -0.274. The Morgan fingerprint density at radius 2 is 1.70 bits per heavy atom. The topological polar surface area (TPSA) is 42.8 Å². The van der Waals surface area contributed by atoms with Crippen LogP contribution in [0.4, 0.5) is 13.2 Å². The first-order valence-electron chi connectivity index (χ1n) is 8.97. The third-order valence-corrected chi connectivity index (χ3v) is 5.69. The van der Waals surface area contributed by atoms with E-state index in [9.17, 15) is 13.2 Å². The maximum absolute atomic E-state index is 12.4. The molecule has 3 aromatic carbocycles. The van der Waals surface area contributed by atoms with Gasteiger partial charge >= 0.3 is 6.36 Å². The number of benzene rings is 3. The van der Waals surface area contributed by atoms with E-state index in [0.29, 0.717) is 22.0 Å². The normalized spacial score (nSPS) is 11.7. The number of halogens is 3. The highest BCUT2D eigenvalue weighted by atomic mass is 32.2. The fraction of sp³-hybridized carbons (Fsp3) is 0.143. The molecule has 4 aromatic rings. The number of rotatable bonds is 6. The Balaban J connectivity index is 1.49. The van der Waals surface area contributed by atoms with Gasteiger partial charge in [-0.05, 0) is 52.8 Å². The van der Waals surface area contributed by atoms with Crippen molar-refractivity contribution >= 4 is 34.8 Å². The van der Waals surface area contributed by atoms with Crippen LogP contribution in [0.25, 0.3) is 16.5 Å². The predicted octanol–water partition coefficient (Wildman–Crippen LogP) is 6.42. The lowest BCUT2D eigenvalue weighted by Gasteiger charge is -2.11. The van der Waals surface area contributed by atoms with Gasteiger partial charge in [-0.25, -0.2) is 0 Å². The van der Waals surface area contributed by atoms with Crippen LogP contribution in [-0.2, 0) is 11.5 Å². The second-order valence-corrected chi connectivity index (χ2v) is 7.83. The smallest absolute Gasteiger partial charge is 0.406 e. The van der Waals surface area contributed by atoms with Crippen molar-refractivity contribution in [3.05, 3.63) is 82.9 Å². The van der Waals surface area contributed by atoms with Crippen LogP contribution >= 0.6 is 24.0 Å². The van der Waals surface area contributed by atoms with E-state index in [1.807, 2.05) is 18.2 Å². The van der Waals surface area contributed by atoms with Gasteiger partial charge in [-0.1, -0.05) is 42.5 Å². The summed E-state index contributed by atoms with van der Waals surface area (Å²) in [6, 6.07) is 20.0. The Morgan fingerprint density at radius 1 is 0.967 bits per heavy atom. The molecule has 0 spiro atoms. The van der Waals surface area contributed by atoms with Crippen LogP contribution in [0.15, 0.2) is 66.7 Å². The van der Waals surface area contributed by atoms with Crippen molar-refractivity contribution in [2.75, 3.05) is 0 Å². The molecule has 0 fully saturated rings. The first kappa shape index (κ1) is 20.5. The standard InChI is InChI=1S/C21H16F3N3OS2/c22-21(23,24)28-17-10-8-16(9-11-17)27-19(25-26-20(27)29)13-30-12-15-6-3-5-14-4-1-2-7-18(14)15/h1-11H,12-13H2,(H,26,29). The zero-order chi connectivity index (χ0) is 21.1. The van der Waals surface area contributed by atoms with Crippen molar-refractivity contribution in [2.24, 2.45) is 0 Å². The number of fused-ring (bicyclic) bond motifs is 1. The van der Waals surface area contributed by atoms with E-state index in [2.05, 4.69) is 39.2 Å². The minimum Gasteiger partial charge on any atom is -0.406 e. The number of thioether (sulfide) groups is 1. The van der Waals surface area contributed by atoms with Gasteiger partial charge in [0.15, 0.2) is 4.77 Å². The fourth-order valence-corrected chi connectivity index (χ4v) is 4.37. The van der Waals surface area contributed by atoms with Crippen LogP contribution in [0.2, 0.25) is 0 Å². The van der Waals surface area contributed by atoms with E-state index < -0.39 is 6.36 Å². The number of hydrogen-bond donors (Lipinski definition) is 1. The number of H-pyrrole nitrogens is 1. The lowest BCUT2D eigenvalue weighted by atomic mass is 10.1. The molecule has 0 bridgehead atoms. The monoisotopic (exact) mass is 447 g/mol. The molecular formula is C21H16F3N3OS2. The zero-order valence-electron chi connectivity index (χ0n) is 15.5. The summed E-state index contributed by atoms with van der Waals surface area (Å²) in [5.74, 6) is 1.78. The minimum atomic E-state index is -4.73. The largest absolute Gasteiger partial charge is 0.573 e. The summed E-state index contributed by atoms with van der Waals surface area (Å²) in [6.45, 7) is 0. The number of aromatic amines is 1. The second kappa shape index (κ2) is 8.53. The predicted molar refractivity (Wildman–Crippen MR) is 114 cm³/mol. The molecule has 1 heterocycles. The first-order valence-corrected chi connectivity index (χ1v) is 10.5. The maximum Gasteiger partial charge on any atom is 0.573 e. The zero-order valence-corrected chi connectivity index (χ0v) is 17.2. The average molecular weight is 448 g/mol. The Labute approximate surface area is 179 Å². The quantitative estimate of drug-likeness (QED) is 0.347. The third-order valence-electron chi connectivity index (χ3n) is 4.44. The molecule has 0 atom stereocenters. The molecule has 9 heteroatoms. The van der Waals surface area contributed by atoms with Crippen molar-refractivity contribution in [2.45, 2.75) is 17.9 Å². The van der Waals surface area contributed by atoms with E-state index >= 15 is 0 Å². The minimum absolute atomic E-state index is 0.284. The van der Waals surface area contributed by atoms with E-state index in [1.54, 1.807) is 16.3 Å². The number of alkyl halides is 3. The van der Waals surface area contributed by atoms with Gasteiger partial charge in [-0.15, -0.1) is 24.9 Å². The van der Waals surface area contributed by atoms with E-state index in [1.165, 1.54) is 40.6 Å². The highest BCUT2D eigenvalue weighted by molar-refractivity contribution is 7.97. The van der Waals surface area contributed by atoms with Crippen molar-refractivity contribution in [3.63, 3.8) is 0 Å². The molecule has 0 amide bonds. The van der Waals surface area contributed by atoms with E-state index in [-0.39, 0.29) is 5.75 Å². The highest BCUT2D eigenvalue weighted by Crippen LogP contribution is 2.27. The van der Waals surface area contributed by atoms with Crippen LogP contribution in [0.1, 0.15) is 11.4 Å². The average Bonchev–Trinajstić information content (AvgIpc) is 3.08. The van der Waals surface area contributed by atoms with Crippen LogP contribution in [-0.4, -0.2) is 21.1 Å². The summed E-state index contributed by atoms with van der Waals surface area (Å²) in [5, 5.41) is 9.45. The SMILES string of the molecule is FC(F)(F)Oc1ccc(-n2c(CSCc3cccc4ccccc34)n[nH]c2=S)cc1. The number of nitrogens with one attached hydrogen (secondary N) is 1. The van der Waals surface area contributed by atoms with Crippen molar-refractivity contribution in [3.8, 4) is 11.4 Å². The molecule has 0 aliphatic heterocycles. The lowest BCUT2D eigenvalue weighted by Crippen LogP contribution is -2.17. The van der Waals surface area contributed by atoms with Crippen LogP contribution in [0, 0.1) is 4.77 Å². The Morgan fingerprint density at radius 3 is 2.47 bits per heavy atom. The second-order valence-electron chi connectivity index (χ2n) is 6.45. The molecule has 0 radical (unpaired) electrons. The van der Waals surface area contributed by atoms with Gasteiger partial charge in [0, 0.05) is 11.4 Å². The van der Waals surface area contributed by atoms with E-state index in [0.717, 1.165) is 5.75 Å². The Kier molecular flexibility index (Phi) is 5.83. The molecule has 30 heavy (non-hydrogen) atoms. The molecule has 0 saturated carbocycles. The molecule has 0 aliphatic rings. The molecular weight excluding hydrogens is 431 g/mol. The molecule has 0 unspecified atom stereocenters. The van der Waals surface area contributed by atoms with Gasteiger partial charge in [0.05, 0.1) is 5.75 Å². The van der Waals surface area contributed by atoms with Crippen LogP contribution in [0.5, 0.6) is 5.75 Å². The van der Waals surface area contributed by atoms with Gasteiger partial charge in [-0.3, -0.25) is 9.67 Å². The van der Waals surface area contributed by atoms with Crippen molar-refractivity contribution in [1.29, 1.82) is 0 Å². The summed E-state index contributed by atoms with van der Waals surface area (Å²) in [7, 11) is 0. The molecule has 1 aromatic heterocycles. The summed E-state index contributed by atoms with van der Waals surface area (Å²) < 4.78 is 43.1. The first-order chi connectivity index (χ1) is 14.4. The number of aromatic nitrogens is 3. The summed E-state index contributed by atoms with van der Waals surface area (Å²) in [6.07, 6.45) is -4.73. The molecule has 0 saturated heterocycles.